The van der Waals surface area contributed by atoms with Crippen molar-refractivity contribution in [3.63, 3.8) is 0 Å². The Morgan fingerprint density at radius 2 is 2.38 bits per heavy atom. The van der Waals surface area contributed by atoms with Crippen LogP contribution in [0, 0.1) is 0 Å². The molecule has 4 heteroatoms. The molecule has 0 aromatic heterocycles. The van der Waals surface area contributed by atoms with Gasteiger partial charge in [-0.05, 0) is 24.6 Å². The summed E-state index contributed by atoms with van der Waals surface area (Å²) in [4.78, 5) is 13.7. The summed E-state index contributed by atoms with van der Waals surface area (Å²) >= 11 is 5.91. The molecule has 0 spiro atoms. The molecule has 1 saturated heterocycles. The van der Waals surface area contributed by atoms with Crippen LogP contribution in [0.1, 0.15) is 12.5 Å². The number of hydrogen-bond donors (Lipinski definition) is 1. The monoisotopic (exact) mass is 238 g/mol. The zero-order valence-electron chi connectivity index (χ0n) is 9.24. The maximum atomic E-state index is 11.8. The molecule has 1 N–H and O–H groups in total. The summed E-state index contributed by atoms with van der Waals surface area (Å²) in [5.74, 6) is 0.159. The zero-order chi connectivity index (χ0) is 11.5. The van der Waals surface area contributed by atoms with Crippen LogP contribution in [-0.2, 0) is 11.3 Å². The van der Waals surface area contributed by atoms with Crippen molar-refractivity contribution in [3.05, 3.63) is 34.9 Å². The molecule has 3 nitrogen and oxygen atoms in total. The number of nitrogens with one attached hydrogen (secondary N) is 1. The summed E-state index contributed by atoms with van der Waals surface area (Å²) in [6.07, 6.45) is 0. The number of nitrogens with zero attached hydrogens (tertiary/aromatic N) is 1. The predicted molar refractivity (Wildman–Crippen MR) is 64.3 cm³/mol. The fourth-order valence-corrected chi connectivity index (χ4v) is 2.11. The third-order valence-electron chi connectivity index (χ3n) is 2.78. The first kappa shape index (κ1) is 11.4. The highest BCUT2D eigenvalue weighted by atomic mass is 35.5. The highest BCUT2D eigenvalue weighted by Gasteiger charge is 2.24. The molecule has 16 heavy (non-hydrogen) atoms. The van der Waals surface area contributed by atoms with Crippen LogP contribution < -0.4 is 5.32 Å². The van der Waals surface area contributed by atoms with Crippen LogP contribution in [0.5, 0.6) is 0 Å². The molecule has 0 aliphatic carbocycles. The van der Waals surface area contributed by atoms with Crippen molar-refractivity contribution in [2.45, 2.75) is 19.5 Å². The summed E-state index contributed by atoms with van der Waals surface area (Å²) in [5, 5.41) is 3.86. The van der Waals surface area contributed by atoms with Crippen molar-refractivity contribution in [1.29, 1.82) is 0 Å². The van der Waals surface area contributed by atoms with E-state index >= 15 is 0 Å². The maximum absolute atomic E-state index is 11.8. The number of benzene rings is 1. The SMILES string of the molecule is CC1NCCN(Cc2cccc(Cl)c2)C1=O. The standard InChI is InChI=1S/C12H15ClN2O/c1-9-12(16)15(6-5-14-9)8-10-3-2-4-11(13)7-10/h2-4,7,9,14H,5-6,8H2,1H3. The van der Waals surface area contributed by atoms with Crippen LogP contribution in [0.2, 0.25) is 5.02 Å². The Morgan fingerprint density at radius 3 is 3.12 bits per heavy atom. The summed E-state index contributed by atoms with van der Waals surface area (Å²) in [5.41, 5.74) is 1.08. The van der Waals surface area contributed by atoms with Gasteiger partial charge in [-0.15, -0.1) is 0 Å². The lowest BCUT2D eigenvalue weighted by molar-refractivity contribution is -0.135. The van der Waals surface area contributed by atoms with E-state index in [0.717, 1.165) is 18.7 Å². The molecular weight excluding hydrogens is 224 g/mol. The van der Waals surface area contributed by atoms with Crippen LogP contribution in [0.4, 0.5) is 0 Å². The van der Waals surface area contributed by atoms with Crippen LogP contribution in [0.3, 0.4) is 0 Å². The van der Waals surface area contributed by atoms with E-state index in [1.807, 2.05) is 36.1 Å². The number of carbonyl (C=O) groups is 1. The van der Waals surface area contributed by atoms with Gasteiger partial charge in [-0.1, -0.05) is 23.7 Å². The van der Waals surface area contributed by atoms with E-state index in [0.29, 0.717) is 11.6 Å². The lowest BCUT2D eigenvalue weighted by Gasteiger charge is -2.31. The highest BCUT2D eigenvalue weighted by Crippen LogP contribution is 2.14. The molecule has 1 fully saturated rings. The van der Waals surface area contributed by atoms with Gasteiger partial charge in [-0.25, -0.2) is 0 Å². The van der Waals surface area contributed by atoms with Gasteiger partial charge in [-0.3, -0.25) is 4.79 Å². The Bertz CT molecular complexity index is 394. The molecule has 1 aromatic rings. The number of piperazine rings is 1. The Kier molecular flexibility index (Phi) is 3.46. The Morgan fingerprint density at radius 1 is 1.56 bits per heavy atom. The minimum atomic E-state index is -0.0760. The molecule has 0 radical (unpaired) electrons. The second kappa shape index (κ2) is 4.85. The Hall–Kier alpha value is -1.06. The molecule has 1 unspecified atom stereocenters. The summed E-state index contributed by atoms with van der Waals surface area (Å²) in [6.45, 7) is 4.15. The van der Waals surface area contributed by atoms with Crippen molar-refractivity contribution >= 4 is 17.5 Å². The maximum Gasteiger partial charge on any atom is 0.239 e. The van der Waals surface area contributed by atoms with E-state index in [-0.39, 0.29) is 11.9 Å². The average Bonchev–Trinajstić information content (AvgIpc) is 2.25. The van der Waals surface area contributed by atoms with Crippen molar-refractivity contribution in [3.8, 4) is 0 Å². The van der Waals surface area contributed by atoms with Crippen LogP contribution in [-0.4, -0.2) is 29.9 Å². The molecule has 0 saturated carbocycles. The normalized spacial score (nSPS) is 21.2. The summed E-state index contributed by atoms with van der Waals surface area (Å²) in [6, 6.07) is 7.57. The van der Waals surface area contributed by atoms with E-state index in [2.05, 4.69) is 5.32 Å². The lowest BCUT2D eigenvalue weighted by atomic mass is 10.1. The second-order valence-corrected chi connectivity index (χ2v) is 4.50. The predicted octanol–water partition coefficient (Wildman–Crippen LogP) is 1.66. The number of halogens is 1. The number of rotatable bonds is 2. The van der Waals surface area contributed by atoms with Crippen molar-refractivity contribution in [2.24, 2.45) is 0 Å². The molecule has 1 amide bonds. The molecule has 0 bridgehead atoms. The van der Waals surface area contributed by atoms with Gasteiger partial charge in [0.25, 0.3) is 0 Å². The second-order valence-electron chi connectivity index (χ2n) is 4.07. The zero-order valence-corrected chi connectivity index (χ0v) is 10.00. The fourth-order valence-electron chi connectivity index (χ4n) is 1.90. The van der Waals surface area contributed by atoms with Gasteiger partial charge in [0, 0.05) is 24.7 Å². The average molecular weight is 239 g/mol. The summed E-state index contributed by atoms with van der Waals surface area (Å²) < 4.78 is 0. The molecular formula is C12H15ClN2O. The topological polar surface area (TPSA) is 32.3 Å². The Balaban J connectivity index is 2.06. The third-order valence-corrected chi connectivity index (χ3v) is 3.01. The number of hydrogen-bond acceptors (Lipinski definition) is 2. The number of carbonyl (C=O) groups excluding carboxylic acids is 1. The molecule has 1 aliphatic heterocycles. The molecule has 1 aromatic carbocycles. The van der Waals surface area contributed by atoms with E-state index in [1.54, 1.807) is 0 Å². The van der Waals surface area contributed by atoms with E-state index < -0.39 is 0 Å². The van der Waals surface area contributed by atoms with Gasteiger partial charge < -0.3 is 10.2 Å². The molecule has 1 heterocycles. The first-order valence-corrected chi connectivity index (χ1v) is 5.81. The van der Waals surface area contributed by atoms with Gasteiger partial charge in [0.15, 0.2) is 0 Å². The van der Waals surface area contributed by atoms with Crippen LogP contribution >= 0.6 is 11.6 Å². The quantitative estimate of drug-likeness (QED) is 0.850. The van der Waals surface area contributed by atoms with Gasteiger partial charge >= 0.3 is 0 Å². The van der Waals surface area contributed by atoms with Gasteiger partial charge in [0.1, 0.15) is 0 Å². The smallest absolute Gasteiger partial charge is 0.239 e. The van der Waals surface area contributed by atoms with Crippen LogP contribution in [0.25, 0.3) is 0 Å². The van der Waals surface area contributed by atoms with E-state index in [4.69, 9.17) is 11.6 Å². The van der Waals surface area contributed by atoms with Crippen LogP contribution in [0.15, 0.2) is 24.3 Å². The minimum absolute atomic E-state index is 0.0760. The Labute approximate surface area is 100 Å². The van der Waals surface area contributed by atoms with E-state index in [9.17, 15) is 4.79 Å². The molecule has 1 aliphatic rings. The number of amides is 1. The first-order valence-electron chi connectivity index (χ1n) is 5.43. The third kappa shape index (κ3) is 2.54. The molecule has 1 atom stereocenters. The highest BCUT2D eigenvalue weighted by molar-refractivity contribution is 6.30. The van der Waals surface area contributed by atoms with Crippen molar-refractivity contribution < 1.29 is 4.79 Å². The molecule has 86 valence electrons. The van der Waals surface area contributed by atoms with E-state index in [1.165, 1.54) is 0 Å². The first-order chi connectivity index (χ1) is 7.66. The van der Waals surface area contributed by atoms with Gasteiger partial charge in [0.2, 0.25) is 5.91 Å². The van der Waals surface area contributed by atoms with Gasteiger partial charge in [-0.2, -0.15) is 0 Å². The van der Waals surface area contributed by atoms with Gasteiger partial charge in [0.05, 0.1) is 6.04 Å². The largest absolute Gasteiger partial charge is 0.336 e. The lowest BCUT2D eigenvalue weighted by Crippen LogP contribution is -2.53. The van der Waals surface area contributed by atoms with Crippen molar-refractivity contribution in [1.82, 2.24) is 10.2 Å². The van der Waals surface area contributed by atoms with Crippen molar-refractivity contribution in [2.75, 3.05) is 13.1 Å². The summed E-state index contributed by atoms with van der Waals surface area (Å²) in [7, 11) is 0. The minimum Gasteiger partial charge on any atom is -0.336 e. The fraction of sp³-hybridized carbons (Fsp3) is 0.417. The molecule has 2 rings (SSSR count).